The van der Waals surface area contributed by atoms with E-state index in [1.54, 1.807) is 30.7 Å². The molecule has 0 radical (unpaired) electrons. The van der Waals surface area contributed by atoms with Crippen molar-refractivity contribution in [2.45, 2.75) is 23.3 Å². The molecule has 8 nitrogen and oxygen atoms in total. The van der Waals surface area contributed by atoms with Crippen molar-refractivity contribution in [3.63, 3.8) is 0 Å². The normalized spacial score (nSPS) is 17.7. The Morgan fingerprint density at radius 2 is 1.63 bits per heavy atom. The van der Waals surface area contributed by atoms with E-state index in [2.05, 4.69) is 4.98 Å². The van der Waals surface area contributed by atoms with Crippen molar-refractivity contribution < 1.29 is 16.8 Å². The Balaban J connectivity index is 1.83. The zero-order valence-corrected chi connectivity index (χ0v) is 17.4. The van der Waals surface area contributed by atoms with E-state index in [0.29, 0.717) is 17.0 Å². The monoisotopic (exact) mass is 432 g/mol. The molecule has 0 unspecified atom stereocenters. The molecular formula is C16H21ClN4O4S2. The zero-order valence-electron chi connectivity index (χ0n) is 15.0. The molecule has 0 aliphatic carbocycles. The lowest BCUT2D eigenvalue weighted by molar-refractivity contribution is 0.403. The van der Waals surface area contributed by atoms with Gasteiger partial charge in [0, 0.05) is 44.4 Å². The molecule has 1 aliphatic rings. The first-order valence-electron chi connectivity index (χ1n) is 8.37. The van der Waals surface area contributed by atoms with E-state index in [9.17, 15) is 16.8 Å². The molecule has 0 spiro atoms. The molecule has 0 bridgehead atoms. The maximum atomic E-state index is 13.0. The number of sulfonamides is 2. The summed E-state index contributed by atoms with van der Waals surface area (Å²) in [6.07, 6.45) is 3.25. The third kappa shape index (κ3) is 3.90. The minimum absolute atomic E-state index is 0.0352. The van der Waals surface area contributed by atoms with Crippen molar-refractivity contribution in [2.24, 2.45) is 7.05 Å². The number of aromatic nitrogens is 2. The molecule has 148 valence electrons. The Labute approximate surface area is 164 Å². The topological polar surface area (TPSA) is 92.6 Å². The van der Waals surface area contributed by atoms with Crippen LogP contribution in [-0.2, 0) is 27.1 Å². The maximum absolute atomic E-state index is 13.0. The molecule has 1 fully saturated rings. The Bertz CT molecular complexity index is 1050. The lowest BCUT2D eigenvalue weighted by atomic mass is 10.2. The van der Waals surface area contributed by atoms with Gasteiger partial charge in [-0.1, -0.05) is 17.7 Å². The van der Waals surface area contributed by atoms with Crippen LogP contribution in [0.5, 0.6) is 0 Å². The van der Waals surface area contributed by atoms with E-state index in [-0.39, 0.29) is 36.1 Å². The van der Waals surface area contributed by atoms with Crippen LogP contribution in [-0.4, -0.2) is 61.2 Å². The van der Waals surface area contributed by atoms with Crippen LogP contribution in [0, 0.1) is 6.92 Å². The van der Waals surface area contributed by atoms with Gasteiger partial charge in [-0.15, -0.1) is 0 Å². The summed E-state index contributed by atoms with van der Waals surface area (Å²) in [6.45, 7) is 2.27. The number of halogens is 1. The van der Waals surface area contributed by atoms with Crippen molar-refractivity contribution >= 4 is 31.6 Å². The molecule has 0 atom stereocenters. The van der Waals surface area contributed by atoms with Crippen LogP contribution in [0.4, 0.5) is 0 Å². The van der Waals surface area contributed by atoms with E-state index in [4.69, 9.17) is 11.6 Å². The molecule has 27 heavy (non-hydrogen) atoms. The van der Waals surface area contributed by atoms with Crippen molar-refractivity contribution in [3.05, 3.63) is 41.3 Å². The van der Waals surface area contributed by atoms with Gasteiger partial charge in [-0.3, -0.25) is 0 Å². The third-order valence-electron chi connectivity index (χ3n) is 4.54. The molecule has 3 rings (SSSR count). The SMILES string of the molecule is Cc1c(Cl)cccc1S(=O)(=O)N1CCCN(S(=O)(=O)c2cn(C)cn2)CC1. The van der Waals surface area contributed by atoms with Gasteiger partial charge in [-0.25, -0.2) is 21.8 Å². The summed E-state index contributed by atoms with van der Waals surface area (Å²) in [5.41, 5.74) is 0.487. The van der Waals surface area contributed by atoms with E-state index < -0.39 is 20.0 Å². The van der Waals surface area contributed by atoms with E-state index in [1.807, 2.05) is 0 Å². The maximum Gasteiger partial charge on any atom is 0.262 e. The fourth-order valence-electron chi connectivity index (χ4n) is 3.01. The van der Waals surface area contributed by atoms with Crippen molar-refractivity contribution in [3.8, 4) is 0 Å². The number of hydrogen-bond acceptors (Lipinski definition) is 5. The molecule has 1 aromatic carbocycles. The lowest BCUT2D eigenvalue weighted by Crippen LogP contribution is -2.37. The fourth-order valence-corrected chi connectivity index (χ4v) is 6.39. The molecule has 0 saturated carbocycles. The highest BCUT2D eigenvalue weighted by Gasteiger charge is 2.33. The zero-order chi connectivity index (χ0) is 19.8. The molecule has 2 aromatic rings. The summed E-state index contributed by atoms with van der Waals surface area (Å²) in [7, 11) is -5.82. The van der Waals surface area contributed by atoms with Gasteiger partial charge in [0.05, 0.1) is 11.2 Å². The summed E-state index contributed by atoms with van der Waals surface area (Å²) in [5.74, 6) is 0. The molecule has 1 aromatic heterocycles. The second-order valence-corrected chi connectivity index (χ2v) is 10.6. The van der Waals surface area contributed by atoms with Crippen molar-refractivity contribution in [1.29, 1.82) is 0 Å². The standard InChI is InChI=1S/C16H21ClN4O4S2/c1-13-14(17)5-3-6-15(13)26(22,23)20-7-4-8-21(10-9-20)27(24,25)16-11-19(2)12-18-16/h3,5-6,11-12H,4,7-10H2,1-2H3. The predicted molar refractivity (Wildman–Crippen MR) is 102 cm³/mol. The number of imidazole rings is 1. The van der Waals surface area contributed by atoms with Gasteiger partial charge in [0.25, 0.3) is 10.0 Å². The van der Waals surface area contributed by atoms with Crippen molar-refractivity contribution in [1.82, 2.24) is 18.2 Å². The Morgan fingerprint density at radius 1 is 1.00 bits per heavy atom. The summed E-state index contributed by atoms with van der Waals surface area (Å²) in [4.78, 5) is 4.07. The smallest absolute Gasteiger partial charge is 0.262 e. The Morgan fingerprint density at radius 3 is 2.22 bits per heavy atom. The average molecular weight is 433 g/mol. The number of rotatable bonds is 4. The summed E-state index contributed by atoms with van der Waals surface area (Å²) in [6, 6.07) is 4.75. The van der Waals surface area contributed by atoms with Gasteiger partial charge in [0.2, 0.25) is 10.0 Å². The van der Waals surface area contributed by atoms with Gasteiger partial charge in [0.1, 0.15) is 0 Å². The van der Waals surface area contributed by atoms with Gasteiger partial charge in [-0.05, 0) is 31.0 Å². The minimum Gasteiger partial charge on any atom is -0.339 e. The number of hydrogen-bond donors (Lipinski definition) is 0. The number of aryl methyl sites for hydroxylation is 1. The highest BCUT2D eigenvalue weighted by Crippen LogP contribution is 2.27. The second kappa shape index (κ2) is 7.51. The van der Waals surface area contributed by atoms with E-state index >= 15 is 0 Å². The summed E-state index contributed by atoms with van der Waals surface area (Å²) in [5, 5.41) is 0.345. The molecule has 1 aliphatic heterocycles. The Hall–Kier alpha value is -1.46. The largest absolute Gasteiger partial charge is 0.339 e. The molecule has 2 heterocycles. The van der Waals surface area contributed by atoms with E-state index in [0.717, 1.165) is 0 Å². The first-order chi connectivity index (χ1) is 12.6. The van der Waals surface area contributed by atoms with Crippen LogP contribution in [0.25, 0.3) is 0 Å². The van der Waals surface area contributed by atoms with Gasteiger partial charge < -0.3 is 4.57 Å². The van der Waals surface area contributed by atoms with Crippen LogP contribution in [0.2, 0.25) is 5.02 Å². The van der Waals surface area contributed by atoms with Crippen LogP contribution in [0.1, 0.15) is 12.0 Å². The number of benzene rings is 1. The third-order valence-corrected chi connectivity index (χ3v) is 8.77. The van der Waals surface area contributed by atoms with Crippen LogP contribution < -0.4 is 0 Å². The van der Waals surface area contributed by atoms with Gasteiger partial charge >= 0.3 is 0 Å². The summed E-state index contributed by atoms with van der Waals surface area (Å²) >= 11 is 6.06. The highest BCUT2D eigenvalue weighted by molar-refractivity contribution is 7.89. The van der Waals surface area contributed by atoms with E-state index in [1.165, 1.54) is 27.2 Å². The second-order valence-electron chi connectivity index (χ2n) is 6.40. The predicted octanol–water partition coefficient (Wildman–Crippen LogP) is 1.47. The van der Waals surface area contributed by atoms with Crippen LogP contribution >= 0.6 is 11.6 Å². The van der Waals surface area contributed by atoms with Crippen LogP contribution in [0.15, 0.2) is 40.6 Å². The molecule has 11 heteroatoms. The fraction of sp³-hybridized carbons (Fsp3) is 0.438. The first kappa shape index (κ1) is 20.3. The van der Waals surface area contributed by atoms with Crippen LogP contribution in [0.3, 0.4) is 0 Å². The molecule has 1 saturated heterocycles. The van der Waals surface area contributed by atoms with Crippen molar-refractivity contribution in [2.75, 3.05) is 26.2 Å². The molecule has 0 N–H and O–H groups in total. The van der Waals surface area contributed by atoms with Gasteiger partial charge in [-0.2, -0.15) is 8.61 Å². The molecular weight excluding hydrogens is 412 g/mol. The lowest BCUT2D eigenvalue weighted by Gasteiger charge is -2.22. The average Bonchev–Trinajstić information content (AvgIpc) is 2.90. The first-order valence-corrected chi connectivity index (χ1v) is 11.6. The molecule has 0 amide bonds. The highest BCUT2D eigenvalue weighted by atomic mass is 35.5. The minimum atomic E-state index is -3.76. The summed E-state index contributed by atoms with van der Waals surface area (Å²) < 4.78 is 55.7. The number of nitrogens with zero attached hydrogens (tertiary/aromatic N) is 4. The quantitative estimate of drug-likeness (QED) is 0.729. The van der Waals surface area contributed by atoms with Gasteiger partial charge in [0.15, 0.2) is 5.03 Å². The Kier molecular flexibility index (Phi) is 5.64.